The Hall–Kier alpha value is -2.62. The van der Waals surface area contributed by atoms with Crippen LogP contribution in [-0.4, -0.2) is 22.0 Å². The lowest BCUT2D eigenvalue weighted by Crippen LogP contribution is -2.25. The summed E-state index contributed by atoms with van der Waals surface area (Å²) in [5, 5.41) is 4.16. The van der Waals surface area contributed by atoms with Gasteiger partial charge in [0.2, 0.25) is 5.91 Å². The molecule has 0 spiro atoms. The highest BCUT2D eigenvalue weighted by molar-refractivity contribution is 5.76. The molecule has 3 rings (SSSR count). The highest BCUT2D eigenvalue weighted by Crippen LogP contribution is 2.12. The van der Waals surface area contributed by atoms with Crippen molar-refractivity contribution in [3.63, 3.8) is 0 Å². The van der Waals surface area contributed by atoms with Crippen LogP contribution in [-0.2, 0) is 17.8 Å². The highest BCUT2D eigenvalue weighted by atomic mass is 16.1. The van der Waals surface area contributed by atoms with Gasteiger partial charge in [-0.25, -0.2) is 4.98 Å². The molecule has 0 atom stereocenters. The Balaban J connectivity index is 1.33. The maximum absolute atomic E-state index is 11.9. The Morgan fingerprint density at radius 1 is 1.04 bits per heavy atom. The summed E-state index contributed by atoms with van der Waals surface area (Å²) in [6.45, 7) is 1.57. The number of aromatic nitrogens is 2. The van der Waals surface area contributed by atoms with E-state index in [1.54, 1.807) is 0 Å². The fraction of sp³-hybridized carbons (Fsp3) is 0.300. The van der Waals surface area contributed by atoms with E-state index in [9.17, 15) is 4.79 Å². The second-order valence-electron chi connectivity index (χ2n) is 5.97. The molecule has 0 radical (unpaired) electrons. The van der Waals surface area contributed by atoms with Gasteiger partial charge >= 0.3 is 0 Å². The van der Waals surface area contributed by atoms with E-state index in [0.717, 1.165) is 36.8 Å². The number of rotatable bonds is 8. The van der Waals surface area contributed by atoms with Crippen molar-refractivity contribution in [3.05, 3.63) is 66.5 Å². The number of nitrogens with zero attached hydrogens (tertiary/aromatic N) is 2. The Kier molecular flexibility index (Phi) is 5.61. The Bertz CT molecular complexity index is 780. The molecule has 0 bridgehead atoms. The lowest BCUT2D eigenvalue weighted by atomic mass is 10.1. The van der Waals surface area contributed by atoms with Crippen molar-refractivity contribution in [2.24, 2.45) is 0 Å². The highest BCUT2D eigenvalue weighted by Gasteiger charge is 2.03. The fourth-order valence-electron chi connectivity index (χ4n) is 2.86. The number of aryl methyl sites for hydroxylation is 2. The first kappa shape index (κ1) is 16.2. The first-order chi connectivity index (χ1) is 11.8. The number of benzene rings is 1. The molecule has 0 saturated carbocycles. The van der Waals surface area contributed by atoms with Gasteiger partial charge in [-0.2, -0.15) is 0 Å². The molecule has 2 aromatic heterocycles. The minimum Gasteiger partial charge on any atom is -0.356 e. The standard InChI is InChI=1S/C20H23N3O/c24-19(11-4-9-17-7-2-1-3-8-17)21-14-6-15-23-16-12-18-10-5-13-22-20(18)23/h1-3,5,7-8,10,12-13,16H,4,6,9,11,14-15H2,(H,21,24). The van der Waals surface area contributed by atoms with Gasteiger partial charge in [0.25, 0.3) is 0 Å². The molecule has 1 amide bonds. The van der Waals surface area contributed by atoms with Gasteiger partial charge in [-0.3, -0.25) is 4.79 Å². The molecule has 4 nitrogen and oxygen atoms in total. The van der Waals surface area contributed by atoms with Crippen molar-refractivity contribution in [1.29, 1.82) is 0 Å². The van der Waals surface area contributed by atoms with Crippen molar-refractivity contribution >= 4 is 16.9 Å². The van der Waals surface area contributed by atoms with Crippen LogP contribution in [0.5, 0.6) is 0 Å². The molecule has 0 aliphatic rings. The largest absolute Gasteiger partial charge is 0.356 e. The molecule has 124 valence electrons. The third kappa shape index (κ3) is 4.44. The van der Waals surface area contributed by atoms with Crippen LogP contribution in [0.3, 0.4) is 0 Å². The van der Waals surface area contributed by atoms with Crippen molar-refractivity contribution < 1.29 is 4.79 Å². The second-order valence-corrected chi connectivity index (χ2v) is 5.97. The molecular weight excluding hydrogens is 298 g/mol. The van der Waals surface area contributed by atoms with Gasteiger partial charge in [-0.15, -0.1) is 0 Å². The van der Waals surface area contributed by atoms with E-state index in [2.05, 4.69) is 45.3 Å². The Morgan fingerprint density at radius 3 is 2.79 bits per heavy atom. The Labute approximate surface area is 142 Å². The van der Waals surface area contributed by atoms with Crippen LogP contribution in [0.1, 0.15) is 24.8 Å². The average molecular weight is 321 g/mol. The van der Waals surface area contributed by atoms with Gasteiger partial charge in [0.15, 0.2) is 0 Å². The van der Waals surface area contributed by atoms with Gasteiger partial charge in [-0.1, -0.05) is 30.3 Å². The van der Waals surface area contributed by atoms with Crippen LogP contribution in [0.2, 0.25) is 0 Å². The zero-order valence-electron chi connectivity index (χ0n) is 13.8. The van der Waals surface area contributed by atoms with Crippen LogP contribution >= 0.6 is 0 Å². The normalized spacial score (nSPS) is 10.8. The summed E-state index contributed by atoms with van der Waals surface area (Å²) in [4.78, 5) is 16.3. The molecule has 2 heterocycles. The number of carbonyl (C=O) groups excluding carboxylic acids is 1. The van der Waals surface area contributed by atoms with Crippen molar-refractivity contribution in [2.45, 2.75) is 32.2 Å². The summed E-state index contributed by atoms with van der Waals surface area (Å²) >= 11 is 0. The SMILES string of the molecule is O=C(CCCc1ccccc1)NCCCn1ccc2cccnc21. The van der Waals surface area contributed by atoms with Crippen LogP contribution in [0.4, 0.5) is 0 Å². The number of nitrogens with one attached hydrogen (secondary N) is 1. The van der Waals surface area contributed by atoms with Crippen LogP contribution < -0.4 is 5.32 Å². The molecule has 0 fully saturated rings. The van der Waals surface area contributed by atoms with E-state index in [1.165, 1.54) is 5.56 Å². The smallest absolute Gasteiger partial charge is 0.220 e. The number of carbonyl (C=O) groups is 1. The lowest BCUT2D eigenvalue weighted by molar-refractivity contribution is -0.121. The predicted octanol–water partition coefficient (Wildman–Crippen LogP) is 3.57. The van der Waals surface area contributed by atoms with E-state index in [0.29, 0.717) is 13.0 Å². The van der Waals surface area contributed by atoms with Gasteiger partial charge in [-0.05, 0) is 43.0 Å². The third-order valence-corrected chi connectivity index (χ3v) is 4.13. The molecule has 1 N–H and O–H groups in total. The van der Waals surface area contributed by atoms with Gasteiger partial charge < -0.3 is 9.88 Å². The monoisotopic (exact) mass is 321 g/mol. The lowest BCUT2D eigenvalue weighted by Gasteiger charge is -2.07. The van der Waals surface area contributed by atoms with Crippen molar-refractivity contribution in [2.75, 3.05) is 6.54 Å². The molecule has 1 aromatic carbocycles. The van der Waals surface area contributed by atoms with E-state index in [1.807, 2.05) is 30.5 Å². The van der Waals surface area contributed by atoms with Crippen molar-refractivity contribution in [1.82, 2.24) is 14.9 Å². The quantitative estimate of drug-likeness (QED) is 0.645. The van der Waals surface area contributed by atoms with Gasteiger partial charge in [0.05, 0.1) is 0 Å². The van der Waals surface area contributed by atoms with E-state index >= 15 is 0 Å². The zero-order chi connectivity index (χ0) is 16.6. The van der Waals surface area contributed by atoms with E-state index in [-0.39, 0.29) is 5.91 Å². The first-order valence-corrected chi connectivity index (χ1v) is 8.53. The van der Waals surface area contributed by atoms with E-state index in [4.69, 9.17) is 0 Å². The van der Waals surface area contributed by atoms with Gasteiger partial charge in [0, 0.05) is 37.3 Å². The second kappa shape index (κ2) is 8.29. The number of pyridine rings is 1. The predicted molar refractivity (Wildman–Crippen MR) is 96.7 cm³/mol. The third-order valence-electron chi connectivity index (χ3n) is 4.13. The molecule has 24 heavy (non-hydrogen) atoms. The zero-order valence-corrected chi connectivity index (χ0v) is 13.8. The molecule has 4 heteroatoms. The Morgan fingerprint density at radius 2 is 1.92 bits per heavy atom. The number of hydrogen-bond acceptors (Lipinski definition) is 2. The summed E-state index contributed by atoms with van der Waals surface area (Å²) in [6.07, 6.45) is 7.21. The van der Waals surface area contributed by atoms with E-state index < -0.39 is 0 Å². The molecule has 0 saturated heterocycles. The summed E-state index contributed by atoms with van der Waals surface area (Å²) in [5.41, 5.74) is 2.30. The van der Waals surface area contributed by atoms with Gasteiger partial charge in [0.1, 0.15) is 5.65 Å². The van der Waals surface area contributed by atoms with Crippen molar-refractivity contribution in [3.8, 4) is 0 Å². The fourth-order valence-corrected chi connectivity index (χ4v) is 2.86. The number of hydrogen-bond donors (Lipinski definition) is 1. The summed E-state index contributed by atoms with van der Waals surface area (Å²) < 4.78 is 2.14. The molecule has 3 aromatic rings. The summed E-state index contributed by atoms with van der Waals surface area (Å²) in [5.74, 6) is 0.140. The first-order valence-electron chi connectivity index (χ1n) is 8.53. The minimum atomic E-state index is 0.140. The summed E-state index contributed by atoms with van der Waals surface area (Å²) in [7, 11) is 0. The number of amides is 1. The number of fused-ring (bicyclic) bond motifs is 1. The molecule has 0 aliphatic carbocycles. The minimum absolute atomic E-state index is 0.140. The summed E-state index contributed by atoms with van der Waals surface area (Å²) in [6, 6.07) is 16.4. The maximum Gasteiger partial charge on any atom is 0.220 e. The average Bonchev–Trinajstić information content (AvgIpc) is 3.03. The van der Waals surface area contributed by atoms with Crippen LogP contribution in [0.15, 0.2) is 60.9 Å². The maximum atomic E-state index is 11.9. The molecular formula is C20H23N3O. The van der Waals surface area contributed by atoms with Crippen LogP contribution in [0, 0.1) is 0 Å². The molecule has 0 unspecified atom stereocenters. The molecule has 0 aliphatic heterocycles. The topological polar surface area (TPSA) is 46.9 Å². The van der Waals surface area contributed by atoms with Crippen LogP contribution in [0.25, 0.3) is 11.0 Å².